The summed E-state index contributed by atoms with van der Waals surface area (Å²) in [5.74, 6) is 0. The first-order valence-electron chi connectivity index (χ1n) is 3.96. The molecule has 0 N–H and O–H groups in total. The van der Waals surface area contributed by atoms with Crippen LogP contribution in [0.5, 0.6) is 0 Å². The Kier molecular flexibility index (Phi) is 2.67. The third-order valence-corrected chi connectivity index (χ3v) is 3.93. The van der Waals surface area contributed by atoms with Crippen LogP contribution in [-0.2, 0) is 11.3 Å². The zero-order valence-electron chi connectivity index (χ0n) is 7.21. The number of ether oxygens (including phenoxy) is 1. The Bertz CT molecular complexity index is 422. The van der Waals surface area contributed by atoms with E-state index < -0.39 is 0 Å². The zero-order chi connectivity index (χ0) is 9.26. The molecule has 0 aliphatic heterocycles. The smallest absolute Gasteiger partial charge is 0.0727 e. The normalized spacial score (nSPS) is 10.9. The van der Waals surface area contributed by atoms with Crippen molar-refractivity contribution >= 4 is 37.4 Å². The van der Waals surface area contributed by atoms with E-state index in [4.69, 9.17) is 4.74 Å². The maximum absolute atomic E-state index is 5.13. The Morgan fingerprint density at radius 2 is 2.31 bits per heavy atom. The summed E-state index contributed by atoms with van der Waals surface area (Å²) in [4.78, 5) is 0. The Balaban J connectivity index is 2.61. The molecule has 1 aromatic carbocycles. The van der Waals surface area contributed by atoms with Crippen LogP contribution >= 0.6 is 27.3 Å². The molecule has 0 spiro atoms. The molecule has 0 saturated heterocycles. The summed E-state index contributed by atoms with van der Waals surface area (Å²) in [5.41, 5.74) is 1.27. The van der Waals surface area contributed by atoms with Crippen molar-refractivity contribution in [3.63, 3.8) is 0 Å². The minimum absolute atomic E-state index is 0.691. The molecule has 0 fully saturated rings. The lowest BCUT2D eigenvalue weighted by atomic mass is 10.2. The number of hydrogen-bond acceptors (Lipinski definition) is 2. The van der Waals surface area contributed by atoms with E-state index in [1.807, 2.05) is 0 Å². The van der Waals surface area contributed by atoms with Gasteiger partial charge in [-0.1, -0.05) is 12.1 Å². The number of halogens is 1. The summed E-state index contributed by atoms with van der Waals surface area (Å²) in [6, 6.07) is 6.25. The molecule has 0 bridgehead atoms. The van der Waals surface area contributed by atoms with Gasteiger partial charge in [0.15, 0.2) is 0 Å². The Hall–Kier alpha value is -0.380. The standard InChI is InChI=1S/C10H9BrOS/c1-12-5-7-6-13-10-8(7)3-2-4-9(10)11/h2-4,6H,5H2,1H3. The second-order valence-electron chi connectivity index (χ2n) is 2.81. The van der Waals surface area contributed by atoms with Crippen molar-refractivity contribution in [2.75, 3.05) is 7.11 Å². The van der Waals surface area contributed by atoms with E-state index in [2.05, 4.69) is 39.5 Å². The molecule has 0 unspecified atom stereocenters. The summed E-state index contributed by atoms with van der Waals surface area (Å²) >= 11 is 5.28. The predicted molar refractivity (Wildman–Crippen MR) is 60.2 cm³/mol. The lowest BCUT2D eigenvalue weighted by Gasteiger charge is -1.97. The second-order valence-corrected chi connectivity index (χ2v) is 4.54. The van der Waals surface area contributed by atoms with Crippen LogP contribution in [0.3, 0.4) is 0 Å². The molecule has 0 saturated carbocycles. The third kappa shape index (κ3) is 1.64. The first-order chi connectivity index (χ1) is 6.33. The van der Waals surface area contributed by atoms with Crippen molar-refractivity contribution in [3.8, 4) is 0 Å². The van der Waals surface area contributed by atoms with Crippen molar-refractivity contribution in [2.45, 2.75) is 6.61 Å². The molecule has 0 aliphatic rings. The van der Waals surface area contributed by atoms with Crippen LogP contribution in [0.1, 0.15) is 5.56 Å². The van der Waals surface area contributed by atoms with Gasteiger partial charge in [-0.15, -0.1) is 11.3 Å². The van der Waals surface area contributed by atoms with E-state index in [0.717, 1.165) is 4.47 Å². The van der Waals surface area contributed by atoms with Gasteiger partial charge >= 0.3 is 0 Å². The van der Waals surface area contributed by atoms with Crippen molar-refractivity contribution in [3.05, 3.63) is 33.6 Å². The van der Waals surface area contributed by atoms with Gasteiger partial charge in [-0.25, -0.2) is 0 Å². The highest BCUT2D eigenvalue weighted by atomic mass is 79.9. The van der Waals surface area contributed by atoms with Crippen molar-refractivity contribution in [1.29, 1.82) is 0 Å². The van der Waals surface area contributed by atoms with Gasteiger partial charge in [-0.2, -0.15) is 0 Å². The maximum atomic E-state index is 5.13. The van der Waals surface area contributed by atoms with Crippen molar-refractivity contribution < 1.29 is 4.74 Å². The van der Waals surface area contributed by atoms with E-state index >= 15 is 0 Å². The van der Waals surface area contributed by atoms with Gasteiger partial charge in [0, 0.05) is 16.3 Å². The number of benzene rings is 1. The monoisotopic (exact) mass is 256 g/mol. The number of methoxy groups -OCH3 is 1. The van der Waals surface area contributed by atoms with Crippen LogP contribution in [0, 0.1) is 0 Å². The van der Waals surface area contributed by atoms with Crippen LogP contribution in [0.25, 0.3) is 10.1 Å². The molecule has 0 atom stereocenters. The van der Waals surface area contributed by atoms with Gasteiger partial charge in [-0.05, 0) is 38.3 Å². The van der Waals surface area contributed by atoms with Gasteiger partial charge in [-0.3, -0.25) is 0 Å². The second kappa shape index (κ2) is 3.78. The Morgan fingerprint density at radius 3 is 3.08 bits per heavy atom. The molecule has 0 radical (unpaired) electrons. The van der Waals surface area contributed by atoms with Crippen LogP contribution in [-0.4, -0.2) is 7.11 Å². The predicted octanol–water partition coefficient (Wildman–Crippen LogP) is 3.81. The first kappa shape index (κ1) is 9.19. The number of rotatable bonds is 2. The summed E-state index contributed by atoms with van der Waals surface area (Å²) in [6.07, 6.45) is 0. The topological polar surface area (TPSA) is 9.23 Å². The molecular weight excluding hydrogens is 248 g/mol. The SMILES string of the molecule is COCc1csc2c(Br)cccc12. The molecule has 0 aliphatic carbocycles. The summed E-state index contributed by atoms with van der Waals surface area (Å²) in [6.45, 7) is 0.691. The van der Waals surface area contributed by atoms with Crippen LogP contribution in [0.4, 0.5) is 0 Å². The first-order valence-corrected chi connectivity index (χ1v) is 5.63. The average molecular weight is 257 g/mol. The van der Waals surface area contributed by atoms with Crippen molar-refractivity contribution in [2.24, 2.45) is 0 Å². The lowest BCUT2D eigenvalue weighted by Crippen LogP contribution is -1.83. The molecule has 1 nitrogen and oxygen atoms in total. The third-order valence-electron chi connectivity index (χ3n) is 1.93. The minimum atomic E-state index is 0.691. The lowest BCUT2D eigenvalue weighted by molar-refractivity contribution is 0.186. The van der Waals surface area contributed by atoms with Crippen LogP contribution in [0.2, 0.25) is 0 Å². The Labute approximate surface area is 89.5 Å². The van der Waals surface area contributed by atoms with E-state index in [1.54, 1.807) is 18.4 Å². The molecule has 0 amide bonds. The fourth-order valence-electron chi connectivity index (χ4n) is 1.34. The quantitative estimate of drug-likeness (QED) is 0.794. The highest BCUT2D eigenvalue weighted by molar-refractivity contribution is 9.10. The van der Waals surface area contributed by atoms with E-state index in [9.17, 15) is 0 Å². The molecule has 2 rings (SSSR count). The van der Waals surface area contributed by atoms with E-state index in [-0.39, 0.29) is 0 Å². The minimum Gasteiger partial charge on any atom is -0.380 e. The molecule has 2 aromatic rings. The van der Waals surface area contributed by atoms with Gasteiger partial charge in [0.1, 0.15) is 0 Å². The highest BCUT2D eigenvalue weighted by Crippen LogP contribution is 2.32. The summed E-state index contributed by atoms with van der Waals surface area (Å²) < 4.78 is 7.59. The van der Waals surface area contributed by atoms with E-state index in [0.29, 0.717) is 6.61 Å². The number of thiophene rings is 1. The summed E-state index contributed by atoms with van der Waals surface area (Å²) in [7, 11) is 1.72. The number of fused-ring (bicyclic) bond motifs is 1. The van der Waals surface area contributed by atoms with Gasteiger partial charge < -0.3 is 4.74 Å². The highest BCUT2D eigenvalue weighted by Gasteiger charge is 2.05. The molecular formula is C10H9BrOS. The van der Waals surface area contributed by atoms with Crippen molar-refractivity contribution in [1.82, 2.24) is 0 Å². The van der Waals surface area contributed by atoms with Gasteiger partial charge in [0.25, 0.3) is 0 Å². The fourth-order valence-corrected chi connectivity index (χ4v) is 2.95. The van der Waals surface area contributed by atoms with E-state index in [1.165, 1.54) is 15.6 Å². The molecule has 3 heteroatoms. The average Bonchev–Trinajstić information content (AvgIpc) is 2.51. The van der Waals surface area contributed by atoms with Gasteiger partial charge in [0.05, 0.1) is 6.61 Å². The van der Waals surface area contributed by atoms with Crippen LogP contribution in [0.15, 0.2) is 28.1 Å². The molecule has 1 heterocycles. The number of hydrogen-bond donors (Lipinski definition) is 0. The van der Waals surface area contributed by atoms with Crippen LogP contribution < -0.4 is 0 Å². The maximum Gasteiger partial charge on any atom is 0.0727 e. The summed E-state index contributed by atoms with van der Waals surface area (Å²) in [5, 5.41) is 3.44. The van der Waals surface area contributed by atoms with Gasteiger partial charge in [0.2, 0.25) is 0 Å². The molecule has 68 valence electrons. The Morgan fingerprint density at radius 1 is 1.46 bits per heavy atom. The largest absolute Gasteiger partial charge is 0.380 e. The molecule has 13 heavy (non-hydrogen) atoms. The molecule has 1 aromatic heterocycles. The fraction of sp³-hybridized carbons (Fsp3) is 0.200. The zero-order valence-corrected chi connectivity index (χ0v) is 9.61.